The Hall–Kier alpha value is -1.10. The minimum absolute atomic E-state index is 0.0101. The van der Waals surface area contributed by atoms with Gasteiger partial charge in [-0.3, -0.25) is 9.59 Å². The van der Waals surface area contributed by atoms with E-state index in [2.05, 4.69) is 5.32 Å². The third kappa shape index (κ3) is 3.95. The van der Waals surface area contributed by atoms with Crippen LogP contribution in [0.4, 0.5) is 0 Å². The lowest BCUT2D eigenvalue weighted by atomic mass is 9.93. The Labute approximate surface area is 122 Å². The molecule has 1 heterocycles. The second kappa shape index (κ2) is 8.25. The van der Waals surface area contributed by atoms with Crippen molar-refractivity contribution in [3.8, 4) is 0 Å². The summed E-state index contributed by atoms with van der Waals surface area (Å²) in [5.41, 5.74) is 0. The van der Waals surface area contributed by atoms with E-state index in [0.717, 1.165) is 19.3 Å². The van der Waals surface area contributed by atoms with E-state index in [4.69, 9.17) is 4.74 Å². The second-order valence-electron chi connectivity index (χ2n) is 5.53. The first kappa shape index (κ1) is 17.0. The van der Waals surface area contributed by atoms with Crippen LogP contribution < -0.4 is 5.32 Å². The fourth-order valence-electron chi connectivity index (χ4n) is 2.61. The first-order valence-corrected chi connectivity index (χ1v) is 7.66. The van der Waals surface area contributed by atoms with Crippen molar-refractivity contribution in [2.45, 2.75) is 58.5 Å². The largest absolute Gasteiger partial charge is 0.385 e. The molecule has 5 heteroatoms. The van der Waals surface area contributed by atoms with Crippen LogP contribution in [0.25, 0.3) is 0 Å². The van der Waals surface area contributed by atoms with Crippen molar-refractivity contribution in [2.24, 2.45) is 5.92 Å². The maximum Gasteiger partial charge on any atom is 0.246 e. The van der Waals surface area contributed by atoms with Gasteiger partial charge in [-0.1, -0.05) is 27.2 Å². The molecule has 20 heavy (non-hydrogen) atoms. The van der Waals surface area contributed by atoms with Gasteiger partial charge < -0.3 is 15.0 Å². The summed E-state index contributed by atoms with van der Waals surface area (Å²) in [6, 6.07) is -0.678. The fraction of sp³-hybridized carbons (Fsp3) is 0.867. The van der Waals surface area contributed by atoms with Gasteiger partial charge in [-0.2, -0.15) is 0 Å². The summed E-state index contributed by atoms with van der Waals surface area (Å²) in [4.78, 5) is 26.5. The maximum absolute atomic E-state index is 12.6. The van der Waals surface area contributed by atoms with Crippen molar-refractivity contribution in [3.05, 3.63) is 0 Å². The highest BCUT2D eigenvalue weighted by atomic mass is 16.5. The first-order valence-electron chi connectivity index (χ1n) is 7.66. The highest BCUT2D eigenvalue weighted by Crippen LogP contribution is 2.20. The molecule has 0 spiro atoms. The molecule has 1 aliphatic heterocycles. The van der Waals surface area contributed by atoms with E-state index < -0.39 is 0 Å². The van der Waals surface area contributed by atoms with Crippen molar-refractivity contribution >= 4 is 11.8 Å². The molecule has 5 nitrogen and oxygen atoms in total. The van der Waals surface area contributed by atoms with Gasteiger partial charge in [0.25, 0.3) is 0 Å². The normalized spacial score (nSPS) is 24.7. The van der Waals surface area contributed by atoms with Crippen LogP contribution in [0.1, 0.15) is 46.5 Å². The minimum atomic E-state index is -0.363. The number of amides is 2. The molecule has 0 bridgehead atoms. The highest BCUT2D eigenvalue weighted by molar-refractivity contribution is 5.97. The molecule has 1 aliphatic rings. The van der Waals surface area contributed by atoms with E-state index in [1.807, 2.05) is 20.8 Å². The van der Waals surface area contributed by atoms with Crippen molar-refractivity contribution in [3.63, 3.8) is 0 Å². The molecule has 0 aromatic carbocycles. The lowest BCUT2D eigenvalue weighted by molar-refractivity contribution is -0.151. The van der Waals surface area contributed by atoms with E-state index in [0.29, 0.717) is 19.6 Å². The average molecular weight is 284 g/mol. The molecule has 3 atom stereocenters. The lowest BCUT2D eigenvalue weighted by Crippen LogP contribution is -2.64. The SMILES string of the molecule is CCC(C)C1NC(=O)C(CC)N(CCCCOC)C1=O. The summed E-state index contributed by atoms with van der Waals surface area (Å²) in [5, 5.41) is 2.89. The Morgan fingerprint density at radius 1 is 1.30 bits per heavy atom. The van der Waals surface area contributed by atoms with Crippen molar-refractivity contribution in [1.82, 2.24) is 10.2 Å². The van der Waals surface area contributed by atoms with Gasteiger partial charge in [-0.25, -0.2) is 0 Å². The number of hydrogen-bond acceptors (Lipinski definition) is 3. The summed E-state index contributed by atoms with van der Waals surface area (Å²) in [5.74, 6) is 0.234. The van der Waals surface area contributed by atoms with E-state index in [1.54, 1.807) is 12.0 Å². The van der Waals surface area contributed by atoms with Gasteiger partial charge in [0.15, 0.2) is 0 Å². The number of ether oxygens (including phenoxy) is 1. The highest BCUT2D eigenvalue weighted by Gasteiger charge is 2.40. The number of carbonyl (C=O) groups is 2. The van der Waals surface area contributed by atoms with Crippen LogP contribution in [0, 0.1) is 5.92 Å². The molecule has 3 unspecified atom stereocenters. The van der Waals surface area contributed by atoms with Gasteiger partial charge in [0, 0.05) is 20.3 Å². The standard InChI is InChI=1S/C15H28N2O3/c1-5-11(3)13-15(19)17(9-7-8-10-20-4)12(6-2)14(18)16-13/h11-13H,5-10H2,1-4H3,(H,16,18). The van der Waals surface area contributed by atoms with Gasteiger partial charge in [-0.05, 0) is 25.2 Å². The Morgan fingerprint density at radius 2 is 2.00 bits per heavy atom. The monoisotopic (exact) mass is 284 g/mol. The number of carbonyl (C=O) groups excluding carboxylic acids is 2. The van der Waals surface area contributed by atoms with Crippen molar-refractivity contribution in [2.75, 3.05) is 20.3 Å². The van der Waals surface area contributed by atoms with Crippen molar-refractivity contribution < 1.29 is 14.3 Å². The number of unbranched alkanes of at least 4 members (excludes halogenated alkanes) is 1. The second-order valence-corrected chi connectivity index (χ2v) is 5.53. The summed E-state index contributed by atoms with van der Waals surface area (Å²) in [6.07, 6.45) is 3.32. The number of piperazine rings is 1. The topological polar surface area (TPSA) is 58.6 Å². The van der Waals surface area contributed by atoms with E-state index in [-0.39, 0.29) is 29.8 Å². The molecular weight excluding hydrogens is 256 g/mol. The van der Waals surface area contributed by atoms with Gasteiger partial charge in [0.1, 0.15) is 12.1 Å². The summed E-state index contributed by atoms with van der Waals surface area (Å²) >= 11 is 0. The van der Waals surface area contributed by atoms with Crippen molar-refractivity contribution in [1.29, 1.82) is 0 Å². The molecule has 0 saturated carbocycles. The summed E-state index contributed by atoms with van der Waals surface area (Å²) < 4.78 is 5.03. The maximum atomic E-state index is 12.6. The zero-order valence-electron chi connectivity index (χ0n) is 13.1. The first-order chi connectivity index (χ1) is 9.56. The van der Waals surface area contributed by atoms with E-state index in [1.165, 1.54) is 0 Å². The number of nitrogens with zero attached hydrogens (tertiary/aromatic N) is 1. The number of hydrogen-bond donors (Lipinski definition) is 1. The molecule has 0 aromatic rings. The number of rotatable bonds is 8. The van der Waals surface area contributed by atoms with Crippen LogP contribution in [-0.2, 0) is 14.3 Å². The zero-order valence-corrected chi connectivity index (χ0v) is 13.1. The van der Waals surface area contributed by atoms with Crippen LogP contribution in [0.5, 0.6) is 0 Å². The average Bonchev–Trinajstić information content (AvgIpc) is 2.45. The molecule has 2 amide bonds. The van der Waals surface area contributed by atoms with Crippen LogP contribution >= 0.6 is 0 Å². The predicted octanol–water partition coefficient (Wildman–Crippen LogP) is 1.56. The summed E-state index contributed by atoms with van der Waals surface area (Å²) in [7, 11) is 1.67. The molecule has 1 rings (SSSR count). The summed E-state index contributed by atoms with van der Waals surface area (Å²) in [6.45, 7) is 7.33. The molecule has 1 fully saturated rings. The van der Waals surface area contributed by atoms with E-state index in [9.17, 15) is 9.59 Å². The van der Waals surface area contributed by atoms with Gasteiger partial charge in [0.05, 0.1) is 0 Å². The molecule has 116 valence electrons. The van der Waals surface area contributed by atoms with Crippen LogP contribution in [0.15, 0.2) is 0 Å². The predicted molar refractivity (Wildman–Crippen MR) is 78.3 cm³/mol. The molecule has 0 aromatic heterocycles. The van der Waals surface area contributed by atoms with Crippen LogP contribution in [0.3, 0.4) is 0 Å². The van der Waals surface area contributed by atoms with E-state index >= 15 is 0 Å². The van der Waals surface area contributed by atoms with Crippen LogP contribution in [-0.4, -0.2) is 49.1 Å². The Morgan fingerprint density at radius 3 is 2.55 bits per heavy atom. The molecule has 1 N–H and O–H groups in total. The molecule has 0 radical (unpaired) electrons. The minimum Gasteiger partial charge on any atom is -0.385 e. The van der Waals surface area contributed by atoms with Gasteiger partial charge >= 0.3 is 0 Å². The Balaban J connectivity index is 2.73. The van der Waals surface area contributed by atoms with Gasteiger partial charge in [-0.15, -0.1) is 0 Å². The number of nitrogens with one attached hydrogen (secondary N) is 1. The Kier molecular flexibility index (Phi) is 6.99. The lowest BCUT2D eigenvalue weighted by Gasteiger charge is -2.40. The van der Waals surface area contributed by atoms with Gasteiger partial charge in [0.2, 0.25) is 11.8 Å². The third-order valence-electron chi connectivity index (χ3n) is 4.12. The number of methoxy groups -OCH3 is 1. The Bertz CT molecular complexity index is 333. The fourth-order valence-corrected chi connectivity index (χ4v) is 2.61. The molecule has 1 saturated heterocycles. The quantitative estimate of drug-likeness (QED) is 0.688. The zero-order chi connectivity index (χ0) is 15.1. The molecule has 0 aliphatic carbocycles. The smallest absolute Gasteiger partial charge is 0.246 e. The van der Waals surface area contributed by atoms with Crippen LogP contribution in [0.2, 0.25) is 0 Å². The third-order valence-corrected chi connectivity index (χ3v) is 4.12. The molecular formula is C15H28N2O3.